The van der Waals surface area contributed by atoms with Gasteiger partial charge in [-0.15, -0.1) is 0 Å². The molecule has 0 spiro atoms. The molecular weight excluding hydrogens is 382 g/mol. The van der Waals surface area contributed by atoms with E-state index in [1.807, 2.05) is 48.5 Å². The van der Waals surface area contributed by atoms with Gasteiger partial charge in [-0.2, -0.15) is 0 Å². The van der Waals surface area contributed by atoms with E-state index in [4.69, 9.17) is 14.2 Å². The smallest absolute Gasteiger partial charge is 0.308 e. The van der Waals surface area contributed by atoms with E-state index < -0.39 is 0 Å². The number of aliphatic imine (C=N–C) groups is 1. The lowest BCUT2D eigenvalue weighted by atomic mass is 9.97. The standard InChI is InChI=1S/C23H29N3O4/c1-24-23(26-14-12-18(13-15-26)22(27)29-3)25-16-17-8-10-19(11-9-17)30-21-7-5-4-6-20(21)28-2/h4-11,18H,12-16H2,1-3H3,(H,24,25). The van der Waals surface area contributed by atoms with E-state index in [0.717, 1.165) is 43.2 Å². The third-order valence-corrected chi connectivity index (χ3v) is 5.21. The zero-order chi connectivity index (χ0) is 21.3. The molecule has 7 heteroatoms. The van der Waals surface area contributed by atoms with Gasteiger partial charge in [0, 0.05) is 26.7 Å². The molecule has 3 rings (SSSR count). The Balaban J connectivity index is 1.52. The van der Waals surface area contributed by atoms with E-state index in [2.05, 4.69) is 15.2 Å². The number of hydrogen-bond donors (Lipinski definition) is 1. The summed E-state index contributed by atoms with van der Waals surface area (Å²) < 4.78 is 16.1. The van der Waals surface area contributed by atoms with Crippen molar-refractivity contribution in [1.82, 2.24) is 10.2 Å². The van der Waals surface area contributed by atoms with Crippen LogP contribution in [0.2, 0.25) is 0 Å². The average Bonchev–Trinajstić information content (AvgIpc) is 2.80. The molecule has 0 aromatic heterocycles. The van der Waals surface area contributed by atoms with Crippen LogP contribution in [0, 0.1) is 5.92 Å². The van der Waals surface area contributed by atoms with Crippen LogP contribution in [0.15, 0.2) is 53.5 Å². The molecule has 0 bridgehead atoms. The minimum absolute atomic E-state index is 0.0138. The summed E-state index contributed by atoms with van der Waals surface area (Å²) in [4.78, 5) is 18.3. The van der Waals surface area contributed by atoms with Crippen LogP contribution >= 0.6 is 0 Å². The number of nitrogens with zero attached hydrogens (tertiary/aromatic N) is 2. The third-order valence-electron chi connectivity index (χ3n) is 5.21. The van der Waals surface area contributed by atoms with Gasteiger partial charge in [0.1, 0.15) is 5.75 Å². The van der Waals surface area contributed by atoms with E-state index in [0.29, 0.717) is 18.0 Å². The van der Waals surface area contributed by atoms with Gasteiger partial charge in [0.25, 0.3) is 0 Å². The number of methoxy groups -OCH3 is 2. The van der Waals surface area contributed by atoms with Gasteiger partial charge in [0.2, 0.25) is 0 Å². The molecule has 1 aliphatic heterocycles. The first kappa shape index (κ1) is 21.5. The highest BCUT2D eigenvalue weighted by atomic mass is 16.5. The molecule has 1 N–H and O–H groups in total. The van der Waals surface area contributed by atoms with Crippen molar-refractivity contribution in [2.24, 2.45) is 10.9 Å². The van der Waals surface area contributed by atoms with Crippen molar-refractivity contribution >= 4 is 11.9 Å². The quantitative estimate of drug-likeness (QED) is 0.446. The van der Waals surface area contributed by atoms with Gasteiger partial charge in [0.05, 0.1) is 20.1 Å². The Morgan fingerprint density at radius 1 is 1.07 bits per heavy atom. The summed E-state index contributed by atoms with van der Waals surface area (Å²) in [5, 5.41) is 3.40. The second-order valence-electron chi connectivity index (χ2n) is 7.08. The zero-order valence-electron chi connectivity index (χ0n) is 17.8. The molecular formula is C23H29N3O4. The van der Waals surface area contributed by atoms with E-state index in [-0.39, 0.29) is 11.9 Å². The number of carbonyl (C=O) groups excluding carboxylic acids is 1. The number of benzene rings is 2. The molecule has 0 radical (unpaired) electrons. The fraction of sp³-hybridized carbons (Fsp3) is 0.391. The molecule has 0 saturated carbocycles. The van der Waals surface area contributed by atoms with Gasteiger partial charge in [-0.25, -0.2) is 0 Å². The lowest BCUT2D eigenvalue weighted by molar-refractivity contribution is -0.146. The molecule has 0 amide bonds. The summed E-state index contributed by atoms with van der Waals surface area (Å²) in [5.74, 6) is 2.84. The van der Waals surface area contributed by atoms with E-state index >= 15 is 0 Å². The fourth-order valence-corrected chi connectivity index (χ4v) is 3.51. The van der Waals surface area contributed by atoms with Gasteiger partial charge in [-0.3, -0.25) is 9.79 Å². The number of carbonyl (C=O) groups is 1. The van der Waals surface area contributed by atoms with Gasteiger partial charge in [0.15, 0.2) is 17.5 Å². The summed E-state index contributed by atoms with van der Waals surface area (Å²) in [6.07, 6.45) is 1.56. The Hall–Kier alpha value is -3.22. The number of piperidine rings is 1. The topological polar surface area (TPSA) is 72.4 Å². The Morgan fingerprint density at radius 3 is 2.33 bits per heavy atom. The number of likely N-dealkylation sites (tertiary alicyclic amines) is 1. The Morgan fingerprint density at radius 2 is 1.73 bits per heavy atom. The lowest BCUT2D eigenvalue weighted by Crippen LogP contribution is -2.46. The lowest BCUT2D eigenvalue weighted by Gasteiger charge is -2.33. The molecule has 0 aliphatic carbocycles. The van der Waals surface area contributed by atoms with Crippen LogP contribution in [0.3, 0.4) is 0 Å². The molecule has 0 unspecified atom stereocenters. The number of rotatable bonds is 6. The predicted molar refractivity (Wildman–Crippen MR) is 116 cm³/mol. The van der Waals surface area contributed by atoms with E-state index in [9.17, 15) is 4.79 Å². The van der Waals surface area contributed by atoms with Crippen molar-refractivity contribution in [3.63, 3.8) is 0 Å². The largest absolute Gasteiger partial charge is 0.493 e. The maximum Gasteiger partial charge on any atom is 0.308 e. The third kappa shape index (κ3) is 5.43. The zero-order valence-corrected chi connectivity index (χ0v) is 17.8. The van der Waals surface area contributed by atoms with Crippen molar-refractivity contribution in [3.8, 4) is 17.2 Å². The minimum Gasteiger partial charge on any atom is -0.493 e. The summed E-state index contributed by atoms with van der Waals surface area (Å²) in [7, 11) is 4.85. The van der Waals surface area contributed by atoms with Crippen molar-refractivity contribution in [1.29, 1.82) is 0 Å². The molecule has 0 atom stereocenters. The van der Waals surface area contributed by atoms with Gasteiger partial charge in [-0.05, 0) is 42.7 Å². The molecule has 1 fully saturated rings. The van der Waals surface area contributed by atoms with Crippen LogP contribution in [0.25, 0.3) is 0 Å². The normalized spacial score (nSPS) is 14.9. The molecule has 160 valence electrons. The van der Waals surface area contributed by atoms with E-state index in [1.165, 1.54) is 7.11 Å². The summed E-state index contributed by atoms with van der Waals surface area (Å²) in [5.41, 5.74) is 1.12. The molecule has 2 aromatic carbocycles. The van der Waals surface area contributed by atoms with Crippen molar-refractivity contribution < 1.29 is 19.0 Å². The number of nitrogens with one attached hydrogen (secondary N) is 1. The first-order valence-electron chi connectivity index (χ1n) is 10.1. The molecule has 1 saturated heterocycles. The fourth-order valence-electron chi connectivity index (χ4n) is 3.51. The number of guanidine groups is 1. The molecule has 7 nitrogen and oxygen atoms in total. The number of para-hydroxylation sites is 2. The number of hydrogen-bond acceptors (Lipinski definition) is 5. The number of ether oxygens (including phenoxy) is 3. The van der Waals surface area contributed by atoms with Gasteiger partial charge in [-0.1, -0.05) is 24.3 Å². The SMILES string of the molecule is CN=C(NCc1ccc(Oc2ccccc2OC)cc1)N1CCC(C(=O)OC)CC1. The van der Waals surface area contributed by atoms with Crippen LogP contribution in [0.5, 0.6) is 17.2 Å². The van der Waals surface area contributed by atoms with Crippen molar-refractivity contribution in [2.45, 2.75) is 19.4 Å². The average molecular weight is 412 g/mol. The summed E-state index contributed by atoms with van der Waals surface area (Å²) in [6, 6.07) is 15.5. The Labute approximate surface area is 177 Å². The first-order chi connectivity index (χ1) is 14.6. The van der Waals surface area contributed by atoms with Gasteiger partial charge < -0.3 is 24.4 Å². The Bertz CT molecular complexity index is 859. The summed E-state index contributed by atoms with van der Waals surface area (Å²) in [6.45, 7) is 2.22. The van der Waals surface area contributed by atoms with Crippen molar-refractivity contribution in [2.75, 3.05) is 34.4 Å². The van der Waals surface area contributed by atoms with Gasteiger partial charge >= 0.3 is 5.97 Å². The molecule has 1 heterocycles. The second kappa shape index (κ2) is 10.5. The molecule has 30 heavy (non-hydrogen) atoms. The molecule has 1 aliphatic rings. The van der Waals surface area contributed by atoms with Crippen LogP contribution in [0.4, 0.5) is 0 Å². The van der Waals surface area contributed by atoms with Crippen LogP contribution in [0.1, 0.15) is 18.4 Å². The van der Waals surface area contributed by atoms with Crippen LogP contribution in [-0.2, 0) is 16.1 Å². The van der Waals surface area contributed by atoms with E-state index in [1.54, 1.807) is 14.2 Å². The highest BCUT2D eigenvalue weighted by Gasteiger charge is 2.26. The predicted octanol–water partition coefficient (Wildman–Crippen LogP) is 3.45. The van der Waals surface area contributed by atoms with Crippen LogP contribution < -0.4 is 14.8 Å². The number of esters is 1. The maximum atomic E-state index is 11.7. The Kier molecular flexibility index (Phi) is 7.54. The highest BCUT2D eigenvalue weighted by Crippen LogP contribution is 2.30. The van der Waals surface area contributed by atoms with Crippen LogP contribution in [-0.4, -0.2) is 51.2 Å². The van der Waals surface area contributed by atoms with Crippen molar-refractivity contribution in [3.05, 3.63) is 54.1 Å². The monoisotopic (exact) mass is 411 g/mol. The maximum absolute atomic E-state index is 11.7. The highest BCUT2D eigenvalue weighted by molar-refractivity contribution is 5.80. The molecule has 2 aromatic rings. The second-order valence-corrected chi connectivity index (χ2v) is 7.08. The minimum atomic E-state index is -0.118. The first-order valence-corrected chi connectivity index (χ1v) is 10.1. The summed E-state index contributed by atoms with van der Waals surface area (Å²) >= 11 is 0.